The molecular weight excluding hydrogens is 291 g/mol. The standard InChI is InChI=1S/C16H16Cl2N2/c1-20-8-13(11-4-2-3-5-16(11)19)12-6-10(17)7-15(18)14(12)9-20/h2-7,13H,8-9,19H2,1H3. The third-order valence-corrected chi connectivity index (χ3v) is 4.42. The second-order valence-corrected chi connectivity index (χ2v) is 6.18. The number of hydrogen-bond acceptors (Lipinski definition) is 2. The summed E-state index contributed by atoms with van der Waals surface area (Å²) in [5.74, 6) is 0.209. The van der Waals surface area contributed by atoms with Crippen LogP contribution in [0.4, 0.5) is 5.69 Å². The number of para-hydroxylation sites is 1. The van der Waals surface area contributed by atoms with Gasteiger partial charge in [0.15, 0.2) is 0 Å². The lowest BCUT2D eigenvalue weighted by molar-refractivity contribution is 0.295. The molecule has 20 heavy (non-hydrogen) atoms. The molecule has 0 saturated carbocycles. The first-order valence-corrected chi connectivity index (χ1v) is 7.32. The van der Waals surface area contributed by atoms with E-state index in [4.69, 9.17) is 28.9 Å². The number of hydrogen-bond donors (Lipinski definition) is 1. The molecule has 1 unspecified atom stereocenters. The molecule has 0 radical (unpaired) electrons. The zero-order valence-electron chi connectivity index (χ0n) is 11.2. The average molecular weight is 307 g/mol. The first kappa shape index (κ1) is 13.7. The van der Waals surface area contributed by atoms with Crippen LogP contribution in [0.15, 0.2) is 36.4 Å². The van der Waals surface area contributed by atoms with Crippen LogP contribution in [0.1, 0.15) is 22.6 Å². The van der Waals surface area contributed by atoms with Gasteiger partial charge in [-0.15, -0.1) is 0 Å². The predicted molar refractivity (Wildman–Crippen MR) is 85.5 cm³/mol. The lowest BCUT2D eigenvalue weighted by atomic mass is 9.84. The fourth-order valence-corrected chi connectivity index (χ4v) is 3.51. The lowest BCUT2D eigenvalue weighted by Crippen LogP contribution is -2.31. The molecule has 1 heterocycles. The van der Waals surface area contributed by atoms with Gasteiger partial charge in [0, 0.05) is 34.7 Å². The van der Waals surface area contributed by atoms with Crippen molar-refractivity contribution in [2.75, 3.05) is 19.3 Å². The van der Waals surface area contributed by atoms with Crippen molar-refractivity contribution >= 4 is 28.9 Å². The number of benzene rings is 2. The Hall–Kier alpha value is -1.22. The Morgan fingerprint density at radius 1 is 1.15 bits per heavy atom. The van der Waals surface area contributed by atoms with Gasteiger partial charge in [0.25, 0.3) is 0 Å². The van der Waals surface area contributed by atoms with Crippen LogP contribution in [0.5, 0.6) is 0 Å². The van der Waals surface area contributed by atoms with Crippen LogP contribution >= 0.6 is 23.2 Å². The molecule has 4 heteroatoms. The van der Waals surface area contributed by atoms with Crippen molar-refractivity contribution in [3.8, 4) is 0 Å². The highest BCUT2D eigenvalue weighted by Gasteiger charge is 2.27. The van der Waals surface area contributed by atoms with Crippen LogP contribution in [-0.4, -0.2) is 18.5 Å². The van der Waals surface area contributed by atoms with Crippen molar-refractivity contribution in [1.29, 1.82) is 0 Å². The van der Waals surface area contributed by atoms with E-state index in [1.165, 1.54) is 5.56 Å². The molecule has 2 aromatic carbocycles. The molecular formula is C16H16Cl2N2. The fourth-order valence-electron chi connectivity index (χ4n) is 2.94. The molecule has 0 amide bonds. The van der Waals surface area contributed by atoms with E-state index in [-0.39, 0.29) is 5.92 Å². The third-order valence-electron chi connectivity index (χ3n) is 3.86. The van der Waals surface area contributed by atoms with Crippen LogP contribution in [0.2, 0.25) is 10.0 Å². The molecule has 0 fully saturated rings. The van der Waals surface area contributed by atoms with Gasteiger partial charge < -0.3 is 10.6 Å². The molecule has 0 saturated heterocycles. The number of nitrogen functional groups attached to an aromatic ring is 1. The topological polar surface area (TPSA) is 29.3 Å². The number of likely N-dealkylation sites (N-methyl/N-ethyl adjacent to an activating group) is 1. The zero-order chi connectivity index (χ0) is 14.3. The third kappa shape index (κ3) is 2.39. The Balaban J connectivity index is 2.18. The molecule has 1 aliphatic rings. The molecule has 0 spiro atoms. The van der Waals surface area contributed by atoms with Gasteiger partial charge in [0.2, 0.25) is 0 Å². The van der Waals surface area contributed by atoms with E-state index in [9.17, 15) is 0 Å². The normalized spacial score (nSPS) is 18.9. The summed E-state index contributed by atoms with van der Waals surface area (Å²) in [4.78, 5) is 2.26. The second kappa shape index (κ2) is 5.28. The number of nitrogens with zero attached hydrogens (tertiary/aromatic N) is 1. The Morgan fingerprint density at radius 2 is 1.90 bits per heavy atom. The Bertz CT molecular complexity index is 655. The minimum atomic E-state index is 0.209. The maximum absolute atomic E-state index is 6.36. The van der Waals surface area contributed by atoms with E-state index >= 15 is 0 Å². The van der Waals surface area contributed by atoms with Gasteiger partial charge in [0.05, 0.1) is 0 Å². The molecule has 3 rings (SSSR count). The highest BCUT2D eigenvalue weighted by Crippen LogP contribution is 2.39. The molecule has 0 aliphatic carbocycles. The van der Waals surface area contributed by atoms with E-state index < -0.39 is 0 Å². The maximum atomic E-state index is 6.36. The summed E-state index contributed by atoms with van der Waals surface area (Å²) in [6, 6.07) is 11.8. The molecule has 2 nitrogen and oxygen atoms in total. The van der Waals surface area contributed by atoms with Gasteiger partial charge in [-0.2, -0.15) is 0 Å². The molecule has 104 valence electrons. The number of nitrogens with two attached hydrogens (primary N) is 1. The SMILES string of the molecule is CN1Cc2c(Cl)cc(Cl)cc2C(c2ccccc2N)C1. The van der Waals surface area contributed by atoms with Gasteiger partial charge >= 0.3 is 0 Å². The van der Waals surface area contributed by atoms with Crippen molar-refractivity contribution in [1.82, 2.24) is 4.90 Å². The Morgan fingerprint density at radius 3 is 2.65 bits per heavy atom. The summed E-state index contributed by atoms with van der Waals surface area (Å²) in [7, 11) is 2.10. The molecule has 1 aliphatic heterocycles. The summed E-state index contributed by atoms with van der Waals surface area (Å²) in [6.45, 7) is 1.76. The van der Waals surface area contributed by atoms with Crippen LogP contribution in [0.25, 0.3) is 0 Å². The zero-order valence-corrected chi connectivity index (χ0v) is 12.7. The van der Waals surface area contributed by atoms with Gasteiger partial charge in [-0.1, -0.05) is 41.4 Å². The smallest absolute Gasteiger partial charge is 0.0468 e. The number of rotatable bonds is 1. The minimum absolute atomic E-state index is 0.209. The summed E-state index contributed by atoms with van der Waals surface area (Å²) < 4.78 is 0. The highest BCUT2D eigenvalue weighted by molar-refractivity contribution is 6.35. The highest BCUT2D eigenvalue weighted by atomic mass is 35.5. The first-order valence-electron chi connectivity index (χ1n) is 6.57. The van der Waals surface area contributed by atoms with Crippen LogP contribution < -0.4 is 5.73 Å². The van der Waals surface area contributed by atoms with Crippen molar-refractivity contribution in [3.63, 3.8) is 0 Å². The van der Waals surface area contributed by atoms with E-state index in [2.05, 4.69) is 18.0 Å². The lowest BCUT2D eigenvalue weighted by Gasteiger charge is -2.33. The first-order chi connectivity index (χ1) is 9.56. The average Bonchev–Trinajstić information content (AvgIpc) is 2.40. The van der Waals surface area contributed by atoms with Gasteiger partial charge in [-0.25, -0.2) is 0 Å². The van der Waals surface area contributed by atoms with Gasteiger partial charge in [0.1, 0.15) is 0 Å². The van der Waals surface area contributed by atoms with Gasteiger partial charge in [-0.3, -0.25) is 0 Å². The molecule has 2 N–H and O–H groups in total. The minimum Gasteiger partial charge on any atom is -0.398 e. The van der Waals surface area contributed by atoms with Crippen molar-refractivity contribution < 1.29 is 0 Å². The molecule has 1 atom stereocenters. The van der Waals surface area contributed by atoms with Crippen LogP contribution in [-0.2, 0) is 6.54 Å². The van der Waals surface area contributed by atoms with E-state index in [0.29, 0.717) is 5.02 Å². The summed E-state index contributed by atoms with van der Waals surface area (Å²) >= 11 is 12.5. The molecule has 0 bridgehead atoms. The van der Waals surface area contributed by atoms with Crippen LogP contribution in [0, 0.1) is 0 Å². The molecule has 2 aromatic rings. The number of fused-ring (bicyclic) bond motifs is 1. The summed E-state index contributed by atoms with van der Waals surface area (Å²) in [5, 5.41) is 1.41. The van der Waals surface area contributed by atoms with E-state index in [1.54, 1.807) is 0 Å². The fraction of sp³-hybridized carbons (Fsp3) is 0.250. The second-order valence-electron chi connectivity index (χ2n) is 5.33. The maximum Gasteiger partial charge on any atom is 0.0468 e. The van der Waals surface area contributed by atoms with Crippen molar-refractivity contribution in [2.24, 2.45) is 0 Å². The van der Waals surface area contributed by atoms with Crippen molar-refractivity contribution in [3.05, 3.63) is 63.1 Å². The number of halogens is 2. The Kier molecular flexibility index (Phi) is 3.63. The summed E-state index contributed by atoms with van der Waals surface area (Å²) in [6.07, 6.45) is 0. The van der Waals surface area contributed by atoms with E-state index in [0.717, 1.165) is 34.9 Å². The monoisotopic (exact) mass is 306 g/mol. The number of anilines is 1. The largest absolute Gasteiger partial charge is 0.398 e. The Labute approximate surface area is 129 Å². The van der Waals surface area contributed by atoms with E-state index in [1.807, 2.05) is 30.3 Å². The quantitative estimate of drug-likeness (QED) is 0.802. The van der Waals surface area contributed by atoms with Crippen molar-refractivity contribution in [2.45, 2.75) is 12.5 Å². The van der Waals surface area contributed by atoms with Gasteiger partial charge in [-0.05, 0) is 41.9 Å². The van der Waals surface area contributed by atoms with Crippen LogP contribution in [0.3, 0.4) is 0 Å². The summed E-state index contributed by atoms with van der Waals surface area (Å²) in [5.41, 5.74) is 10.4. The molecule has 0 aromatic heterocycles. The predicted octanol–water partition coefficient (Wildman–Crippen LogP) is 4.15.